The van der Waals surface area contributed by atoms with Gasteiger partial charge in [0.15, 0.2) is 5.15 Å². The van der Waals surface area contributed by atoms with E-state index in [1.807, 2.05) is 6.92 Å². The van der Waals surface area contributed by atoms with E-state index in [2.05, 4.69) is 9.71 Å². The van der Waals surface area contributed by atoms with Crippen LogP contribution in [-0.2, 0) is 10.0 Å². The van der Waals surface area contributed by atoms with Crippen molar-refractivity contribution in [3.8, 4) is 0 Å². The van der Waals surface area contributed by atoms with E-state index < -0.39 is 10.0 Å². The Balaban J connectivity index is 2.39. The van der Waals surface area contributed by atoms with Crippen molar-refractivity contribution in [1.29, 1.82) is 0 Å². The number of benzene rings is 1. The molecular weight excluding hydrogens is 284 g/mol. The van der Waals surface area contributed by atoms with Gasteiger partial charge in [0.25, 0.3) is 10.0 Å². The van der Waals surface area contributed by atoms with Crippen LogP contribution >= 0.6 is 11.6 Å². The fraction of sp³-hybridized carbons (Fsp3) is 0.154. The van der Waals surface area contributed by atoms with Gasteiger partial charge in [-0.15, -0.1) is 0 Å². The summed E-state index contributed by atoms with van der Waals surface area (Å²) in [6.07, 6.45) is 1.53. The summed E-state index contributed by atoms with van der Waals surface area (Å²) in [6, 6.07) is 8.28. The highest BCUT2D eigenvalue weighted by Gasteiger charge is 2.17. The van der Waals surface area contributed by atoms with Crippen molar-refractivity contribution in [3.63, 3.8) is 0 Å². The minimum atomic E-state index is -3.65. The summed E-state index contributed by atoms with van der Waals surface area (Å²) in [5, 5.41) is 0.135. The number of hydrogen-bond acceptors (Lipinski definition) is 3. The van der Waals surface area contributed by atoms with Gasteiger partial charge in [0.05, 0.1) is 10.6 Å². The van der Waals surface area contributed by atoms with Gasteiger partial charge < -0.3 is 0 Å². The molecule has 0 radical (unpaired) electrons. The SMILES string of the molecule is Cc1ccc(S(=O)(=O)Nc2c(C)ccnc2Cl)cc1. The topological polar surface area (TPSA) is 59.1 Å². The number of aryl methyl sites for hydroxylation is 2. The van der Waals surface area contributed by atoms with Gasteiger partial charge in [0.2, 0.25) is 0 Å². The molecule has 0 unspecified atom stereocenters. The van der Waals surface area contributed by atoms with Crippen molar-refractivity contribution < 1.29 is 8.42 Å². The maximum absolute atomic E-state index is 12.2. The van der Waals surface area contributed by atoms with Gasteiger partial charge in [-0.25, -0.2) is 13.4 Å². The summed E-state index contributed by atoms with van der Waals surface area (Å²) in [6.45, 7) is 3.66. The zero-order valence-electron chi connectivity index (χ0n) is 10.5. The molecule has 1 heterocycles. The molecule has 2 rings (SSSR count). The molecule has 0 saturated carbocycles. The van der Waals surface area contributed by atoms with E-state index in [-0.39, 0.29) is 10.0 Å². The van der Waals surface area contributed by atoms with Gasteiger partial charge in [-0.2, -0.15) is 0 Å². The molecule has 0 atom stereocenters. The fourth-order valence-corrected chi connectivity index (χ4v) is 3.01. The number of halogens is 1. The van der Waals surface area contributed by atoms with Crippen LogP contribution in [-0.4, -0.2) is 13.4 Å². The first-order valence-electron chi connectivity index (χ1n) is 5.61. The third-order valence-corrected chi connectivity index (χ3v) is 4.33. The van der Waals surface area contributed by atoms with Crippen molar-refractivity contribution in [1.82, 2.24) is 4.98 Å². The minimum absolute atomic E-state index is 0.135. The van der Waals surface area contributed by atoms with E-state index in [9.17, 15) is 8.42 Å². The van der Waals surface area contributed by atoms with E-state index >= 15 is 0 Å². The van der Waals surface area contributed by atoms with Crippen LogP contribution in [0.5, 0.6) is 0 Å². The van der Waals surface area contributed by atoms with E-state index in [0.717, 1.165) is 11.1 Å². The number of pyridine rings is 1. The van der Waals surface area contributed by atoms with Crippen molar-refractivity contribution in [2.24, 2.45) is 0 Å². The fourth-order valence-electron chi connectivity index (χ4n) is 1.56. The van der Waals surface area contributed by atoms with Crippen LogP contribution in [0.1, 0.15) is 11.1 Å². The quantitative estimate of drug-likeness (QED) is 0.885. The Kier molecular flexibility index (Phi) is 3.78. The third-order valence-electron chi connectivity index (χ3n) is 2.68. The summed E-state index contributed by atoms with van der Waals surface area (Å²) >= 11 is 5.91. The van der Waals surface area contributed by atoms with Crippen molar-refractivity contribution in [3.05, 3.63) is 52.8 Å². The van der Waals surface area contributed by atoms with Crippen LogP contribution in [0.3, 0.4) is 0 Å². The number of anilines is 1. The standard InChI is InChI=1S/C13H13ClN2O2S/c1-9-3-5-11(6-4-9)19(17,18)16-12-10(2)7-8-15-13(12)14/h3-8,16H,1-2H3. The summed E-state index contributed by atoms with van der Waals surface area (Å²) in [7, 11) is -3.65. The largest absolute Gasteiger partial charge is 0.276 e. The molecule has 0 spiro atoms. The van der Waals surface area contributed by atoms with E-state index in [4.69, 9.17) is 11.6 Å². The molecule has 0 saturated heterocycles. The summed E-state index contributed by atoms with van der Waals surface area (Å²) < 4.78 is 26.9. The van der Waals surface area contributed by atoms with Gasteiger partial charge >= 0.3 is 0 Å². The molecule has 0 fully saturated rings. The van der Waals surface area contributed by atoms with Crippen LogP contribution in [0.25, 0.3) is 0 Å². The number of nitrogens with zero attached hydrogens (tertiary/aromatic N) is 1. The predicted molar refractivity (Wildman–Crippen MR) is 76.0 cm³/mol. The first-order chi connectivity index (χ1) is 8.90. The van der Waals surface area contributed by atoms with Crippen LogP contribution in [0, 0.1) is 13.8 Å². The van der Waals surface area contributed by atoms with Crippen molar-refractivity contribution in [2.75, 3.05) is 4.72 Å². The molecule has 6 heteroatoms. The number of nitrogens with one attached hydrogen (secondary N) is 1. The average molecular weight is 297 g/mol. The zero-order valence-corrected chi connectivity index (χ0v) is 12.1. The Hall–Kier alpha value is -1.59. The minimum Gasteiger partial charge on any atom is -0.276 e. The highest BCUT2D eigenvalue weighted by atomic mass is 35.5. The smallest absolute Gasteiger partial charge is 0.262 e. The van der Waals surface area contributed by atoms with Gasteiger partial charge in [0, 0.05) is 6.20 Å². The van der Waals surface area contributed by atoms with Gasteiger partial charge in [-0.3, -0.25) is 4.72 Å². The van der Waals surface area contributed by atoms with Crippen molar-refractivity contribution in [2.45, 2.75) is 18.7 Å². The number of rotatable bonds is 3. The molecule has 0 aliphatic rings. The number of hydrogen-bond donors (Lipinski definition) is 1. The first kappa shape index (κ1) is 13.8. The highest BCUT2D eigenvalue weighted by Crippen LogP contribution is 2.25. The highest BCUT2D eigenvalue weighted by molar-refractivity contribution is 7.92. The molecule has 0 aliphatic carbocycles. The lowest BCUT2D eigenvalue weighted by molar-refractivity contribution is 0.601. The monoisotopic (exact) mass is 296 g/mol. The molecule has 100 valence electrons. The van der Waals surface area contributed by atoms with Gasteiger partial charge in [-0.05, 0) is 37.6 Å². The van der Waals surface area contributed by atoms with Gasteiger partial charge in [-0.1, -0.05) is 29.3 Å². The summed E-state index contributed by atoms with van der Waals surface area (Å²) in [5.74, 6) is 0. The van der Waals surface area contributed by atoms with Crippen LogP contribution in [0.15, 0.2) is 41.4 Å². The number of sulfonamides is 1. The molecule has 0 aliphatic heterocycles. The Morgan fingerprint density at radius 1 is 1.11 bits per heavy atom. The normalized spacial score (nSPS) is 11.3. The molecule has 2 aromatic rings. The second-order valence-corrected chi connectivity index (χ2v) is 6.25. The Bertz CT molecular complexity index is 677. The maximum Gasteiger partial charge on any atom is 0.262 e. The van der Waals surface area contributed by atoms with Crippen LogP contribution in [0.4, 0.5) is 5.69 Å². The first-order valence-corrected chi connectivity index (χ1v) is 7.47. The van der Waals surface area contributed by atoms with E-state index in [0.29, 0.717) is 5.69 Å². The molecule has 1 aromatic carbocycles. The van der Waals surface area contributed by atoms with Gasteiger partial charge in [0.1, 0.15) is 0 Å². The molecular formula is C13H13ClN2O2S. The molecule has 19 heavy (non-hydrogen) atoms. The van der Waals surface area contributed by atoms with Crippen LogP contribution in [0.2, 0.25) is 5.15 Å². The lowest BCUT2D eigenvalue weighted by Gasteiger charge is -2.11. The Morgan fingerprint density at radius 3 is 2.32 bits per heavy atom. The summed E-state index contributed by atoms with van der Waals surface area (Å²) in [4.78, 5) is 4.06. The maximum atomic E-state index is 12.2. The second-order valence-electron chi connectivity index (χ2n) is 4.21. The molecule has 1 N–H and O–H groups in total. The molecule has 0 bridgehead atoms. The third kappa shape index (κ3) is 3.05. The lowest BCUT2D eigenvalue weighted by Crippen LogP contribution is -2.14. The Labute approximate surface area is 117 Å². The van der Waals surface area contributed by atoms with E-state index in [1.54, 1.807) is 37.3 Å². The summed E-state index contributed by atoms with van der Waals surface area (Å²) in [5.41, 5.74) is 2.02. The number of aromatic nitrogens is 1. The lowest BCUT2D eigenvalue weighted by atomic mass is 10.2. The molecule has 4 nitrogen and oxygen atoms in total. The predicted octanol–water partition coefficient (Wildman–Crippen LogP) is 3.15. The van der Waals surface area contributed by atoms with Crippen LogP contribution < -0.4 is 4.72 Å². The molecule has 1 aromatic heterocycles. The van der Waals surface area contributed by atoms with Crippen molar-refractivity contribution >= 4 is 27.3 Å². The van der Waals surface area contributed by atoms with E-state index in [1.165, 1.54) is 6.20 Å². The Morgan fingerprint density at radius 2 is 1.74 bits per heavy atom. The second kappa shape index (κ2) is 5.19. The average Bonchev–Trinajstić information content (AvgIpc) is 2.35. The molecule has 0 amide bonds. The zero-order chi connectivity index (χ0) is 14.0.